The summed E-state index contributed by atoms with van der Waals surface area (Å²) in [5.41, 5.74) is 9.54. The van der Waals surface area contributed by atoms with Crippen molar-refractivity contribution in [2.75, 3.05) is 13.1 Å². The van der Waals surface area contributed by atoms with E-state index in [2.05, 4.69) is 0 Å². The minimum Gasteiger partial charge on any atom is -0.330 e. The molecule has 0 unspecified atom stereocenters. The van der Waals surface area contributed by atoms with Crippen LogP contribution in [0.15, 0.2) is 0 Å². The Labute approximate surface area is 51.0 Å². The molecule has 0 atom stereocenters. The molecule has 5 heteroatoms. The number of alkyl halides is 3. The third kappa shape index (κ3) is 2.67. The number of rotatable bonds is 2. The van der Waals surface area contributed by atoms with E-state index in [9.17, 15) is 13.2 Å². The zero-order valence-electron chi connectivity index (χ0n) is 4.78. The molecule has 9 heavy (non-hydrogen) atoms. The Kier molecular flexibility index (Phi) is 2.93. The smallest absolute Gasteiger partial charge is 0.330 e. The molecule has 0 spiro atoms. The van der Waals surface area contributed by atoms with Gasteiger partial charge in [-0.05, 0) is 0 Å². The maximum absolute atomic E-state index is 11.6. The Morgan fingerprint density at radius 3 is 1.44 bits per heavy atom. The van der Waals surface area contributed by atoms with Gasteiger partial charge >= 0.3 is 6.18 Å². The van der Waals surface area contributed by atoms with Crippen molar-refractivity contribution in [2.45, 2.75) is 6.18 Å². The van der Waals surface area contributed by atoms with Crippen LogP contribution in [0, 0.1) is 5.92 Å². The van der Waals surface area contributed by atoms with Gasteiger partial charge in [0.25, 0.3) is 0 Å². The summed E-state index contributed by atoms with van der Waals surface area (Å²) in [5, 5.41) is 0. The highest BCUT2D eigenvalue weighted by Crippen LogP contribution is 2.23. The fraction of sp³-hybridized carbons (Fsp3) is 1.00. The van der Waals surface area contributed by atoms with Crippen LogP contribution in [0.4, 0.5) is 13.2 Å². The molecular weight excluding hydrogens is 133 g/mol. The Hall–Kier alpha value is -0.290. The standard InChI is InChI=1S/C4H9F3N2/c5-4(6,7)3(1-8)2-9/h3H,1-2,8-9H2. The van der Waals surface area contributed by atoms with Gasteiger partial charge in [0.05, 0.1) is 5.92 Å². The summed E-state index contributed by atoms with van der Waals surface area (Å²) in [6.07, 6.45) is -4.23. The van der Waals surface area contributed by atoms with Crippen LogP contribution in [0.1, 0.15) is 0 Å². The summed E-state index contributed by atoms with van der Waals surface area (Å²) in [5.74, 6) is -1.54. The fourth-order valence-electron chi connectivity index (χ4n) is 0.363. The fourth-order valence-corrected chi connectivity index (χ4v) is 0.363. The first-order valence-corrected chi connectivity index (χ1v) is 2.49. The molecule has 0 saturated carbocycles. The molecule has 0 aliphatic rings. The van der Waals surface area contributed by atoms with Crippen LogP contribution in [-0.2, 0) is 0 Å². The molecule has 0 aromatic rings. The van der Waals surface area contributed by atoms with Crippen LogP contribution in [0.2, 0.25) is 0 Å². The van der Waals surface area contributed by atoms with Crippen molar-refractivity contribution >= 4 is 0 Å². The van der Waals surface area contributed by atoms with E-state index in [1.807, 2.05) is 0 Å². The highest BCUT2D eigenvalue weighted by Gasteiger charge is 2.37. The topological polar surface area (TPSA) is 52.0 Å². The molecule has 0 saturated heterocycles. The van der Waals surface area contributed by atoms with Crippen LogP contribution >= 0.6 is 0 Å². The van der Waals surface area contributed by atoms with Crippen molar-refractivity contribution in [3.05, 3.63) is 0 Å². The molecule has 0 aliphatic carbocycles. The molecule has 0 bridgehead atoms. The van der Waals surface area contributed by atoms with Gasteiger partial charge in [-0.3, -0.25) is 0 Å². The quantitative estimate of drug-likeness (QED) is 0.573. The lowest BCUT2D eigenvalue weighted by molar-refractivity contribution is -0.168. The van der Waals surface area contributed by atoms with Crippen molar-refractivity contribution in [3.63, 3.8) is 0 Å². The van der Waals surface area contributed by atoms with Crippen LogP contribution in [0.5, 0.6) is 0 Å². The predicted molar refractivity (Wildman–Crippen MR) is 27.7 cm³/mol. The summed E-state index contributed by atoms with van der Waals surface area (Å²) >= 11 is 0. The van der Waals surface area contributed by atoms with Crippen molar-refractivity contribution in [1.29, 1.82) is 0 Å². The summed E-state index contributed by atoms with van der Waals surface area (Å²) < 4.78 is 34.7. The monoisotopic (exact) mass is 142 g/mol. The first-order chi connectivity index (χ1) is 4.02. The molecule has 0 radical (unpaired) electrons. The Bertz CT molecular complexity index is 76.4. The predicted octanol–water partition coefficient (Wildman–Crippen LogP) is 0.0823. The van der Waals surface area contributed by atoms with E-state index in [1.54, 1.807) is 0 Å². The van der Waals surface area contributed by atoms with Crippen molar-refractivity contribution in [2.24, 2.45) is 17.4 Å². The molecule has 0 amide bonds. The van der Waals surface area contributed by atoms with Crippen LogP contribution in [-0.4, -0.2) is 19.3 Å². The van der Waals surface area contributed by atoms with Gasteiger partial charge in [0.15, 0.2) is 0 Å². The lowest BCUT2D eigenvalue weighted by Gasteiger charge is -2.15. The number of nitrogens with two attached hydrogens (primary N) is 2. The summed E-state index contributed by atoms with van der Waals surface area (Å²) in [6.45, 7) is -0.861. The second-order valence-electron chi connectivity index (χ2n) is 1.71. The van der Waals surface area contributed by atoms with E-state index < -0.39 is 25.2 Å². The molecule has 0 heterocycles. The van der Waals surface area contributed by atoms with Crippen LogP contribution in [0.3, 0.4) is 0 Å². The van der Waals surface area contributed by atoms with E-state index in [0.29, 0.717) is 0 Å². The number of halogens is 3. The third-order valence-corrected chi connectivity index (χ3v) is 1.03. The molecule has 0 aromatic carbocycles. The molecule has 0 aliphatic heterocycles. The Morgan fingerprint density at radius 2 is 1.44 bits per heavy atom. The lowest BCUT2D eigenvalue weighted by Crippen LogP contribution is -2.36. The second-order valence-corrected chi connectivity index (χ2v) is 1.71. The van der Waals surface area contributed by atoms with Crippen molar-refractivity contribution in [3.8, 4) is 0 Å². The van der Waals surface area contributed by atoms with Gasteiger partial charge in [0.2, 0.25) is 0 Å². The highest BCUT2D eigenvalue weighted by atomic mass is 19.4. The van der Waals surface area contributed by atoms with Crippen LogP contribution < -0.4 is 11.5 Å². The molecule has 56 valence electrons. The van der Waals surface area contributed by atoms with Crippen molar-refractivity contribution < 1.29 is 13.2 Å². The SMILES string of the molecule is NCC(CN)C(F)(F)F. The second kappa shape index (κ2) is 3.03. The van der Waals surface area contributed by atoms with Gasteiger partial charge in [0.1, 0.15) is 0 Å². The maximum Gasteiger partial charge on any atom is 0.394 e. The third-order valence-electron chi connectivity index (χ3n) is 1.03. The van der Waals surface area contributed by atoms with Gasteiger partial charge in [0, 0.05) is 13.1 Å². The molecule has 0 rings (SSSR count). The maximum atomic E-state index is 11.6. The lowest BCUT2D eigenvalue weighted by atomic mass is 10.1. The summed E-state index contributed by atoms with van der Waals surface area (Å²) in [7, 11) is 0. The van der Waals surface area contributed by atoms with Gasteiger partial charge in [-0.25, -0.2) is 0 Å². The summed E-state index contributed by atoms with van der Waals surface area (Å²) in [4.78, 5) is 0. The zero-order valence-corrected chi connectivity index (χ0v) is 4.78. The normalized spacial score (nSPS) is 12.7. The molecular formula is C4H9F3N2. The van der Waals surface area contributed by atoms with E-state index in [-0.39, 0.29) is 0 Å². The molecule has 4 N–H and O–H groups in total. The largest absolute Gasteiger partial charge is 0.394 e. The average Bonchev–Trinajstić information content (AvgIpc) is 1.65. The van der Waals surface area contributed by atoms with Gasteiger partial charge in [-0.1, -0.05) is 0 Å². The van der Waals surface area contributed by atoms with Gasteiger partial charge < -0.3 is 11.5 Å². The Morgan fingerprint density at radius 1 is 1.11 bits per heavy atom. The highest BCUT2D eigenvalue weighted by molar-refractivity contribution is 4.68. The Balaban J connectivity index is 3.79. The molecule has 0 fully saturated rings. The van der Waals surface area contributed by atoms with Crippen molar-refractivity contribution in [1.82, 2.24) is 0 Å². The van der Waals surface area contributed by atoms with E-state index in [0.717, 1.165) is 0 Å². The van der Waals surface area contributed by atoms with E-state index >= 15 is 0 Å². The van der Waals surface area contributed by atoms with Gasteiger partial charge in [-0.15, -0.1) is 0 Å². The van der Waals surface area contributed by atoms with Gasteiger partial charge in [-0.2, -0.15) is 13.2 Å². The first-order valence-electron chi connectivity index (χ1n) is 2.49. The average molecular weight is 142 g/mol. The molecule has 2 nitrogen and oxygen atoms in total. The summed E-state index contributed by atoms with van der Waals surface area (Å²) in [6, 6.07) is 0. The first kappa shape index (κ1) is 8.71. The minimum atomic E-state index is -4.23. The van der Waals surface area contributed by atoms with E-state index in [4.69, 9.17) is 11.5 Å². The van der Waals surface area contributed by atoms with Crippen LogP contribution in [0.25, 0.3) is 0 Å². The number of hydrogen-bond donors (Lipinski definition) is 2. The number of hydrogen-bond acceptors (Lipinski definition) is 2. The zero-order chi connectivity index (χ0) is 7.49. The van der Waals surface area contributed by atoms with E-state index in [1.165, 1.54) is 0 Å². The molecule has 0 aromatic heterocycles. The minimum absolute atomic E-state index is 0.431.